The summed E-state index contributed by atoms with van der Waals surface area (Å²) < 4.78 is 9.32. The van der Waals surface area contributed by atoms with Gasteiger partial charge < -0.3 is 14.6 Å². The van der Waals surface area contributed by atoms with E-state index < -0.39 is 12.1 Å². The summed E-state index contributed by atoms with van der Waals surface area (Å²) in [4.78, 5) is 10.7. The molecular weight excluding hydrogens is 160 g/mol. The molecule has 0 radical (unpaired) electrons. The quantitative estimate of drug-likeness (QED) is 0.475. The summed E-state index contributed by atoms with van der Waals surface area (Å²) in [5, 5.41) is 8.79. The van der Waals surface area contributed by atoms with Gasteiger partial charge in [-0.3, -0.25) is 0 Å². The third-order valence-corrected chi connectivity index (χ3v) is 1.11. The van der Waals surface area contributed by atoms with E-state index in [0.717, 1.165) is 0 Å². The summed E-state index contributed by atoms with van der Waals surface area (Å²) in [6, 6.07) is 0. The second-order valence-electron chi connectivity index (χ2n) is 2.46. The molecule has 0 bridgehead atoms. The molecule has 0 saturated carbocycles. The molecule has 0 aliphatic rings. The molecule has 1 unspecified atom stereocenters. The molecule has 0 aliphatic heterocycles. The SMILES string of the molecule is C=C(COCC(C)O)C(=O)OC. The molecule has 0 aromatic heterocycles. The standard InChI is InChI=1S/C8H14O4/c1-6(8(10)11-3)4-12-5-7(2)9/h7,9H,1,4-5H2,2-3H3. The minimum absolute atomic E-state index is 0.0948. The van der Waals surface area contributed by atoms with E-state index in [2.05, 4.69) is 11.3 Å². The van der Waals surface area contributed by atoms with Gasteiger partial charge in [-0.2, -0.15) is 0 Å². The minimum Gasteiger partial charge on any atom is -0.466 e. The van der Waals surface area contributed by atoms with Crippen molar-refractivity contribution in [3.8, 4) is 0 Å². The summed E-state index contributed by atoms with van der Waals surface area (Å²) >= 11 is 0. The monoisotopic (exact) mass is 174 g/mol. The van der Waals surface area contributed by atoms with Crippen LogP contribution in [0, 0.1) is 0 Å². The van der Waals surface area contributed by atoms with Crippen LogP contribution in [-0.2, 0) is 14.3 Å². The lowest BCUT2D eigenvalue weighted by Crippen LogP contribution is -2.15. The normalized spacial score (nSPS) is 12.2. The number of aliphatic hydroxyl groups excluding tert-OH is 1. The molecule has 4 nitrogen and oxygen atoms in total. The molecule has 1 atom stereocenters. The minimum atomic E-state index is -0.532. The highest BCUT2D eigenvalue weighted by Crippen LogP contribution is 1.95. The van der Waals surface area contributed by atoms with Crippen LogP contribution in [0.15, 0.2) is 12.2 Å². The lowest BCUT2D eigenvalue weighted by atomic mass is 10.3. The van der Waals surface area contributed by atoms with Gasteiger partial charge in [-0.15, -0.1) is 0 Å². The summed E-state index contributed by atoms with van der Waals surface area (Å²) in [5.41, 5.74) is 0.248. The highest BCUT2D eigenvalue weighted by molar-refractivity contribution is 5.87. The van der Waals surface area contributed by atoms with Gasteiger partial charge in [0.1, 0.15) is 0 Å². The Morgan fingerprint density at radius 3 is 2.67 bits per heavy atom. The van der Waals surface area contributed by atoms with Crippen LogP contribution in [0.4, 0.5) is 0 Å². The predicted molar refractivity (Wildman–Crippen MR) is 43.7 cm³/mol. The summed E-state index contributed by atoms with van der Waals surface area (Å²) in [6.45, 7) is 5.32. The molecule has 0 spiro atoms. The molecule has 0 aliphatic carbocycles. The van der Waals surface area contributed by atoms with Crippen molar-refractivity contribution in [3.63, 3.8) is 0 Å². The smallest absolute Gasteiger partial charge is 0.335 e. The van der Waals surface area contributed by atoms with Crippen molar-refractivity contribution in [2.24, 2.45) is 0 Å². The Labute approximate surface area is 71.8 Å². The van der Waals surface area contributed by atoms with Crippen LogP contribution in [0.3, 0.4) is 0 Å². The Kier molecular flexibility index (Phi) is 5.32. The molecule has 70 valence electrons. The number of carbonyl (C=O) groups excluding carboxylic acids is 1. The predicted octanol–water partition coefficient (Wildman–Crippen LogP) is 0.113. The Morgan fingerprint density at radius 1 is 1.67 bits per heavy atom. The van der Waals surface area contributed by atoms with Crippen LogP contribution in [-0.4, -0.2) is 37.5 Å². The molecule has 1 N–H and O–H groups in total. The van der Waals surface area contributed by atoms with Crippen LogP contribution in [0.1, 0.15) is 6.92 Å². The maximum absolute atomic E-state index is 10.7. The molecule has 0 amide bonds. The second kappa shape index (κ2) is 5.74. The highest BCUT2D eigenvalue weighted by Gasteiger charge is 2.06. The Hall–Kier alpha value is -0.870. The van der Waals surface area contributed by atoms with Gasteiger partial charge in [-0.05, 0) is 6.92 Å². The first-order chi connectivity index (χ1) is 5.57. The van der Waals surface area contributed by atoms with Crippen molar-refractivity contribution in [2.75, 3.05) is 20.3 Å². The topological polar surface area (TPSA) is 55.8 Å². The van der Waals surface area contributed by atoms with E-state index in [-0.39, 0.29) is 18.8 Å². The van der Waals surface area contributed by atoms with Crippen molar-refractivity contribution < 1.29 is 19.4 Å². The number of hydrogen-bond donors (Lipinski definition) is 1. The fraction of sp³-hybridized carbons (Fsp3) is 0.625. The molecule has 4 heteroatoms. The van der Waals surface area contributed by atoms with Gasteiger partial charge in [-0.25, -0.2) is 4.79 Å². The van der Waals surface area contributed by atoms with Gasteiger partial charge in [0.05, 0.1) is 32.0 Å². The zero-order chi connectivity index (χ0) is 9.56. The zero-order valence-corrected chi connectivity index (χ0v) is 7.37. The van der Waals surface area contributed by atoms with E-state index >= 15 is 0 Å². The maximum atomic E-state index is 10.7. The van der Waals surface area contributed by atoms with Crippen molar-refractivity contribution >= 4 is 5.97 Å². The second-order valence-corrected chi connectivity index (χ2v) is 2.46. The van der Waals surface area contributed by atoms with Gasteiger partial charge >= 0.3 is 5.97 Å². The lowest BCUT2D eigenvalue weighted by Gasteiger charge is -2.06. The Balaban J connectivity index is 3.51. The van der Waals surface area contributed by atoms with Gasteiger partial charge in [0.25, 0.3) is 0 Å². The number of methoxy groups -OCH3 is 1. The first-order valence-corrected chi connectivity index (χ1v) is 3.59. The summed E-state index contributed by atoms with van der Waals surface area (Å²) in [5.74, 6) is -0.486. The number of esters is 1. The Morgan fingerprint density at radius 2 is 2.25 bits per heavy atom. The number of ether oxygens (including phenoxy) is 2. The fourth-order valence-corrected chi connectivity index (χ4v) is 0.556. The van der Waals surface area contributed by atoms with Gasteiger partial charge in [0, 0.05) is 0 Å². The first-order valence-electron chi connectivity index (χ1n) is 3.59. The average Bonchev–Trinajstić information content (AvgIpc) is 2.02. The van der Waals surface area contributed by atoms with Crippen LogP contribution >= 0.6 is 0 Å². The molecule has 0 aromatic carbocycles. The van der Waals surface area contributed by atoms with Gasteiger partial charge in [0.2, 0.25) is 0 Å². The zero-order valence-electron chi connectivity index (χ0n) is 7.37. The Bertz CT molecular complexity index is 162. The van der Waals surface area contributed by atoms with E-state index in [1.165, 1.54) is 7.11 Å². The first kappa shape index (κ1) is 11.1. The van der Waals surface area contributed by atoms with E-state index in [1.807, 2.05) is 0 Å². The molecule has 0 fully saturated rings. The lowest BCUT2D eigenvalue weighted by molar-refractivity contribution is -0.136. The third-order valence-electron chi connectivity index (χ3n) is 1.11. The number of aliphatic hydroxyl groups is 1. The average molecular weight is 174 g/mol. The van der Waals surface area contributed by atoms with Crippen molar-refractivity contribution in [1.29, 1.82) is 0 Å². The van der Waals surface area contributed by atoms with E-state index in [4.69, 9.17) is 9.84 Å². The van der Waals surface area contributed by atoms with Crippen molar-refractivity contribution in [1.82, 2.24) is 0 Å². The molecule has 0 aromatic rings. The van der Waals surface area contributed by atoms with Crippen molar-refractivity contribution in [3.05, 3.63) is 12.2 Å². The maximum Gasteiger partial charge on any atom is 0.335 e. The van der Waals surface area contributed by atoms with E-state index in [9.17, 15) is 4.79 Å². The molecule has 12 heavy (non-hydrogen) atoms. The summed E-state index contributed by atoms with van der Waals surface area (Å²) in [7, 11) is 1.28. The highest BCUT2D eigenvalue weighted by atomic mass is 16.5. The fourth-order valence-electron chi connectivity index (χ4n) is 0.556. The molecule has 0 heterocycles. The third kappa shape index (κ3) is 4.87. The largest absolute Gasteiger partial charge is 0.466 e. The molecule has 0 saturated heterocycles. The van der Waals surface area contributed by atoms with Gasteiger partial charge in [0.15, 0.2) is 0 Å². The van der Waals surface area contributed by atoms with E-state index in [1.54, 1.807) is 6.92 Å². The van der Waals surface area contributed by atoms with Gasteiger partial charge in [-0.1, -0.05) is 6.58 Å². The summed E-state index contributed by atoms with van der Waals surface area (Å²) in [6.07, 6.45) is -0.532. The molecule has 0 rings (SSSR count). The number of hydrogen-bond acceptors (Lipinski definition) is 4. The number of carbonyl (C=O) groups is 1. The molecular formula is C8H14O4. The van der Waals surface area contributed by atoms with Crippen molar-refractivity contribution in [2.45, 2.75) is 13.0 Å². The van der Waals surface area contributed by atoms with E-state index in [0.29, 0.717) is 0 Å². The van der Waals surface area contributed by atoms with Crippen LogP contribution < -0.4 is 0 Å². The van der Waals surface area contributed by atoms with Crippen LogP contribution in [0.2, 0.25) is 0 Å². The van der Waals surface area contributed by atoms with Crippen LogP contribution in [0.25, 0.3) is 0 Å². The number of rotatable bonds is 5. The van der Waals surface area contributed by atoms with Crippen LogP contribution in [0.5, 0.6) is 0 Å².